The van der Waals surface area contributed by atoms with Crippen LogP contribution in [0.1, 0.15) is 25.7 Å². The monoisotopic (exact) mass is 712 g/mol. The fourth-order valence-corrected chi connectivity index (χ4v) is 5.84. The molecule has 236 valence electrons. The molecule has 0 unspecified atom stereocenters. The molecule has 4 nitrogen and oxygen atoms in total. The van der Waals surface area contributed by atoms with E-state index < -0.39 is 0 Å². The second kappa shape index (κ2) is 17.5. The van der Waals surface area contributed by atoms with Gasteiger partial charge in [0.1, 0.15) is 11.6 Å². The van der Waals surface area contributed by atoms with Crippen LogP contribution in [0, 0.1) is 11.6 Å². The number of halogens is 5. The third-order valence-corrected chi connectivity index (χ3v) is 8.58. The fraction of sp³-hybridized carbons (Fsp3) is 0.222. The summed E-state index contributed by atoms with van der Waals surface area (Å²) in [6.07, 6.45) is 9.31. The van der Waals surface area contributed by atoms with Gasteiger partial charge < -0.3 is 20.2 Å². The predicted molar refractivity (Wildman–Crippen MR) is 190 cm³/mol. The SMILES string of the molecule is CN[C@H]1CCCC[C@H]1NC.Clc1ccc2[nH]ccc2c1.Fc1ccc(-n2ccc3cc(Cl)ccc32)cc1.Fc1ccc(Br)cc1. The number of fused-ring (bicyclic) bond motifs is 2. The number of likely N-dealkylation sites (N-methyl/N-ethyl adjacent to an activating group) is 2. The first kappa shape index (κ1) is 34.7. The molecular weight excluding hydrogens is 677 g/mol. The van der Waals surface area contributed by atoms with Gasteiger partial charge in [0, 0.05) is 61.0 Å². The quantitative estimate of drug-likeness (QED) is 0.171. The van der Waals surface area contributed by atoms with Gasteiger partial charge in [-0.15, -0.1) is 0 Å². The van der Waals surface area contributed by atoms with E-state index in [1.54, 1.807) is 24.3 Å². The van der Waals surface area contributed by atoms with E-state index in [9.17, 15) is 8.78 Å². The Morgan fingerprint density at radius 3 is 1.84 bits per heavy atom. The molecule has 2 aromatic heterocycles. The van der Waals surface area contributed by atoms with Crippen LogP contribution in [0.5, 0.6) is 0 Å². The molecule has 3 N–H and O–H groups in total. The molecule has 1 aliphatic carbocycles. The first-order chi connectivity index (χ1) is 21.8. The van der Waals surface area contributed by atoms with Crippen molar-refractivity contribution in [1.29, 1.82) is 0 Å². The lowest BCUT2D eigenvalue weighted by atomic mass is 9.91. The van der Waals surface area contributed by atoms with E-state index in [1.807, 2.05) is 65.5 Å². The zero-order valence-corrected chi connectivity index (χ0v) is 28.3. The Labute approximate surface area is 281 Å². The number of aromatic nitrogens is 2. The Bertz CT molecular complexity index is 1720. The molecule has 1 aliphatic rings. The number of nitrogens with one attached hydrogen (secondary N) is 3. The standard InChI is InChI=1S/C14H9ClFN.C8H6ClN.C8H18N2.C6H4BrF/c15-11-1-6-14-10(9-11)7-8-17(14)13-4-2-12(16)3-5-13;9-7-1-2-8-6(5-7)3-4-10-8;1-9-7-5-3-4-6-8(7)10-2;7-5-1-3-6(8)4-2-5/h1-9H;1-5,10H;7-10H,3-6H2,1-2H3;1-4H/t;;7-,8+;. The average molecular weight is 715 g/mol. The second-order valence-corrected chi connectivity index (χ2v) is 12.4. The van der Waals surface area contributed by atoms with Crippen LogP contribution in [0.15, 0.2) is 114 Å². The lowest BCUT2D eigenvalue weighted by Gasteiger charge is -2.30. The maximum absolute atomic E-state index is 12.9. The molecule has 7 rings (SSSR count). The lowest BCUT2D eigenvalue weighted by molar-refractivity contribution is 0.309. The molecule has 4 aromatic carbocycles. The summed E-state index contributed by atoms with van der Waals surface area (Å²) >= 11 is 14.9. The van der Waals surface area contributed by atoms with Crippen molar-refractivity contribution in [2.24, 2.45) is 0 Å². The Hall–Kier alpha value is -3.20. The second-order valence-electron chi connectivity index (χ2n) is 10.6. The Balaban J connectivity index is 0.000000143. The van der Waals surface area contributed by atoms with Crippen LogP contribution in [0.2, 0.25) is 10.0 Å². The fourth-order valence-electron chi connectivity index (χ4n) is 5.22. The molecule has 1 fully saturated rings. The van der Waals surface area contributed by atoms with Gasteiger partial charge in [-0.2, -0.15) is 0 Å². The Morgan fingerprint density at radius 2 is 1.27 bits per heavy atom. The highest BCUT2D eigenvalue weighted by Crippen LogP contribution is 2.24. The third kappa shape index (κ3) is 10.4. The molecule has 0 radical (unpaired) electrons. The van der Waals surface area contributed by atoms with Crippen molar-refractivity contribution in [1.82, 2.24) is 20.2 Å². The molecule has 45 heavy (non-hydrogen) atoms. The maximum atomic E-state index is 12.9. The largest absolute Gasteiger partial charge is 0.361 e. The minimum absolute atomic E-state index is 0.201. The van der Waals surface area contributed by atoms with E-state index in [4.69, 9.17) is 23.2 Å². The molecule has 0 bridgehead atoms. The molecule has 9 heteroatoms. The summed E-state index contributed by atoms with van der Waals surface area (Å²) in [5.41, 5.74) is 3.12. The van der Waals surface area contributed by atoms with Crippen LogP contribution >= 0.6 is 39.1 Å². The molecule has 6 aromatic rings. The highest BCUT2D eigenvalue weighted by Gasteiger charge is 2.21. The van der Waals surface area contributed by atoms with E-state index in [-0.39, 0.29) is 11.6 Å². The average Bonchev–Trinajstić information content (AvgIpc) is 3.70. The molecule has 0 aliphatic heterocycles. The summed E-state index contributed by atoms with van der Waals surface area (Å²) in [5.74, 6) is -0.429. The summed E-state index contributed by atoms with van der Waals surface area (Å²) in [6.45, 7) is 0. The smallest absolute Gasteiger partial charge is 0.123 e. The highest BCUT2D eigenvalue weighted by atomic mass is 79.9. The van der Waals surface area contributed by atoms with E-state index >= 15 is 0 Å². The van der Waals surface area contributed by atoms with Gasteiger partial charge in [0.25, 0.3) is 0 Å². The lowest BCUT2D eigenvalue weighted by Crippen LogP contribution is -2.47. The van der Waals surface area contributed by atoms with Gasteiger partial charge in [0.2, 0.25) is 0 Å². The minimum Gasteiger partial charge on any atom is -0.361 e. The van der Waals surface area contributed by atoms with Crippen LogP contribution in [0.3, 0.4) is 0 Å². The van der Waals surface area contributed by atoms with E-state index in [1.165, 1.54) is 49.9 Å². The minimum atomic E-state index is -0.228. The highest BCUT2D eigenvalue weighted by molar-refractivity contribution is 9.10. The van der Waals surface area contributed by atoms with Crippen LogP contribution < -0.4 is 10.6 Å². The number of hydrogen-bond acceptors (Lipinski definition) is 2. The topological polar surface area (TPSA) is 44.8 Å². The van der Waals surface area contributed by atoms with Gasteiger partial charge in [-0.1, -0.05) is 52.0 Å². The number of H-pyrrole nitrogens is 1. The van der Waals surface area contributed by atoms with Crippen molar-refractivity contribution in [3.8, 4) is 5.69 Å². The Morgan fingerprint density at radius 1 is 0.711 bits per heavy atom. The van der Waals surface area contributed by atoms with Gasteiger partial charge in [-0.3, -0.25) is 0 Å². The van der Waals surface area contributed by atoms with Crippen molar-refractivity contribution in [2.75, 3.05) is 14.1 Å². The maximum Gasteiger partial charge on any atom is 0.123 e. The van der Waals surface area contributed by atoms with E-state index in [2.05, 4.69) is 45.6 Å². The van der Waals surface area contributed by atoms with Gasteiger partial charge in [-0.25, -0.2) is 8.78 Å². The van der Waals surface area contributed by atoms with Gasteiger partial charge in [-0.05, 0) is 124 Å². The van der Waals surface area contributed by atoms with E-state index in [0.717, 1.165) is 37.0 Å². The number of nitrogens with zero attached hydrogens (tertiary/aromatic N) is 1. The zero-order chi connectivity index (χ0) is 32.2. The molecular formula is C36H37BrCl2F2N4. The Kier molecular flexibility index (Phi) is 13.5. The normalized spacial score (nSPS) is 15.7. The zero-order valence-electron chi connectivity index (χ0n) is 25.2. The molecule has 2 heterocycles. The summed E-state index contributed by atoms with van der Waals surface area (Å²) in [5, 5.41) is 10.4. The summed E-state index contributed by atoms with van der Waals surface area (Å²) in [7, 11) is 4.11. The predicted octanol–water partition coefficient (Wildman–Crippen LogP) is 10.6. The van der Waals surface area contributed by atoms with Crippen LogP contribution in [-0.4, -0.2) is 35.7 Å². The van der Waals surface area contributed by atoms with Crippen molar-refractivity contribution >= 4 is 60.9 Å². The van der Waals surface area contributed by atoms with Crippen molar-refractivity contribution < 1.29 is 8.78 Å². The van der Waals surface area contributed by atoms with Crippen LogP contribution in [-0.2, 0) is 0 Å². The number of aromatic amines is 1. The van der Waals surface area contributed by atoms with Crippen LogP contribution in [0.4, 0.5) is 8.78 Å². The number of hydrogen-bond donors (Lipinski definition) is 3. The summed E-state index contributed by atoms with van der Waals surface area (Å²) < 4.78 is 27.8. The molecule has 2 atom stereocenters. The molecule has 1 saturated carbocycles. The van der Waals surface area contributed by atoms with E-state index in [0.29, 0.717) is 17.1 Å². The number of benzene rings is 4. The van der Waals surface area contributed by atoms with Gasteiger partial charge >= 0.3 is 0 Å². The summed E-state index contributed by atoms with van der Waals surface area (Å²) in [4.78, 5) is 3.09. The molecule has 0 saturated heterocycles. The number of rotatable bonds is 3. The molecule has 0 amide bonds. The van der Waals surface area contributed by atoms with Gasteiger partial charge in [0.15, 0.2) is 0 Å². The third-order valence-electron chi connectivity index (χ3n) is 7.58. The van der Waals surface area contributed by atoms with Crippen molar-refractivity contribution in [3.63, 3.8) is 0 Å². The van der Waals surface area contributed by atoms with Crippen LogP contribution in [0.25, 0.3) is 27.5 Å². The van der Waals surface area contributed by atoms with Crippen molar-refractivity contribution in [2.45, 2.75) is 37.8 Å². The first-order valence-electron chi connectivity index (χ1n) is 14.8. The first-order valence-corrected chi connectivity index (χ1v) is 16.3. The molecule has 0 spiro atoms. The summed E-state index contributed by atoms with van der Waals surface area (Å²) in [6, 6.07) is 29.5. The van der Waals surface area contributed by atoms with Crippen molar-refractivity contribution in [3.05, 3.63) is 136 Å². The van der Waals surface area contributed by atoms with Gasteiger partial charge in [0.05, 0.1) is 5.52 Å².